The highest BCUT2D eigenvalue weighted by molar-refractivity contribution is 5.92. The number of rotatable bonds is 20. The van der Waals surface area contributed by atoms with E-state index in [0.717, 1.165) is 55.1 Å². The van der Waals surface area contributed by atoms with E-state index in [2.05, 4.69) is 6.58 Å². The Morgan fingerprint density at radius 3 is 1.86 bits per heavy atom. The monoisotopic (exact) mass is 588 g/mol. The van der Waals surface area contributed by atoms with Gasteiger partial charge in [0.2, 0.25) is 0 Å². The smallest absolute Gasteiger partial charge is 0.347 e. The molecule has 0 aliphatic heterocycles. The van der Waals surface area contributed by atoms with Crippen LogP contribution in [0.3, 0.4) is 0 Å². The topological polar surface area (TPSA) is 80.3 Å². The maximum Gasteiger partial charge on any atom is 0.347 e. The second kappa shape index (κ2) is 19.2. The molecule has 3 aromatic carbocycles. The fourth-order valence-electron chi connectivity index (χ4n) is 4.26. The lowest BCUT2D eigenvalue weighted by Crippen LogP contribution is -2.26. The normalized spacial score (nSPS) is 11.4. The molecule has 0 aromatic heterocycles. The molecule has 0 saturated heterocycles. The van der Waals surface area contributed by atoms with Gasteiger partial charge >= 0.3 is 11.9 Å². The third kappa shape index (κ3) is 12.3. The molecule has 0 fully saturated rings. The number of unbranched alkanes of at least 4 members (excludes halogenated alkanes) is 5. The second-order valence-corrected chi connectivity index (χ2v) is 10.1. The Hall–Kier alpha value is -4.10. The Morgan fingerprint density at radius 2 is 1.26 bits per heavy atom. The van der Waals surface area contributed by atoms with E-state index in [1.54, 1.807) is 19.1 Å². The van der Waals surface area contributed by atoms with Crippen LogP contribution >= 0.6 is 0 Å². The molecule has 0 aliphatic carbocycles. The van der Waals surface area contributed by atoms with E-state index in [4.69, 9.17) is 23.7 Å². The van der Waals surface area contributed by atoms with Crippen LogP contribution in [0.15, 0.2) is 85.5 Å². The van der Waals surface area contributed by atoms with Crippen molar-refractivity contribution in [1.82, 2.24) is 0 Å². The van der Waals surface area contributed by atoms with Crippen molar-refractivity contribution in [3.63, 3.8) is 0 Å². The molecule has 3 rings (SSSR count). The largest absolute Gasteiger partial charge is 0.494 e. The van der Waals surface area contributed by atoms with Crippen LogP contribution in [0.25, 0.3) is 11.1 Å². The zero-order chi connectivity index (χ0) is 30.7. The number of hydrogen-bond donors (Lipinski definition) is 0. The highest BCUT2D eigenvalue weighted by Crippen LogP contribution is 2.27. The summed E-state index contributed by atoms with van der Waals surface area (Å²) < 4.78 is 27.5. The minimum absolute atomic E-state index is 0.232. The minimum Gasteiger partial charge on any atom is -0.494 e. The van der Waals surface area contributed by atoms with Crippen LogP contribution < -0.4 is 9.47 Å². The first-order valence-corrected chi connectivity index (χ1v) is 15.2. The molecule has 0 aliphatic rings. The molecule has 0 radical (unpaired) electrons. The Kier molecular flexibility index (Phi) is 14.9. The van der Waals surface area contributed by atoms with Gasteiger partial charge in [0.25, 0.3) is 0 Å². The maximum absolute atomic E-state index is 12.3. The summed E-state index contributed by atoms with van der Waals surface area (Å²) >= 11 is 0. The van der Waals surface area contributed by atoms with Gasteiger partial charge in [0.05, 0.1) is 18.8 Å². The first kappa shape index (κ1) is 33.4. The van der Waals surface area contributed by atoms with Gasteiger partial charge in [0.1, 0.15) is 17.2 Å². The molecule has 7 nitrogen and oxygen atoms in total. The molecule has 0 saturated carbocycles. The summed E-state index contributed by atoms with van der Waals surface area (Å²) in [4.78, 5) is 24.0. The summed E-state index contributed by atoms with van der Waals surface area (Å²) in [6, 6.07) is 22.4. The van der Waals surface area contributed by atoms with Gasteiger partial charge in [-0.3, -0.25) is 0 Å². The SMILES string of the molecule is C=CCCOCCCCCCCCOc1ccc(Oc2ccc(-c3ccc(C(=O)OC(C)C(=O)OCC)cc3)cc2)cc1. The van der Waals surface area contributed by atoms with Gasteiger partial charge in [-0.25, -0.2) is 9.59 Å². The van der Waals surface area contributed by atoms with Crippen molar-refractivity contribution in [2.75, 3.05) is 26.4 Å². The molecule has 0 amide bonds. The van der Waals surface area contributed by atoms with Gasteiger partial charge in [-0.05, 0) is 92.8 Å². The van der Waals surface area contributed by atoms with E-state index >= 15 is 0 Å². The average Bonchev–Trinajstić information content (AvgIpc) is 3.03. The molecule has 0 spiro atoms. The second-order valence-electron chi connectivity index (χ2n) is 10.1. The predicted molar refractivity (Wildman–Crippen MR) is 169 cm³/mol. The zero-order valence-electron chi connectivity index (χ0n) is 25.4. The first-order valence-electron chi connectivity index (χ1n) is 15.2. The van der Waals surface area contributed by atoms with Crippen molar-refractivity contribution < 1.29 is 33.3 Å². The molecule has 3 aromatic rings. The third-order valence-electron chi connectivity index (χ3n) is 6.69. The Balaban J connectivity index is 1.35. The van der Waals surface area contributed by atoms with E-state index in [9.17, 15) is 9.59 Å². The summed E-state index contributed by atoms with van der Waals surface area (Å²) in [7, 11) is 0. The predicted octanol–water partition coefficient (Wildman–Crippen LogP) is 8.57. The van der Waals surface area contributed by atoms with Crippen LogP contribution in [0.5, 0.6) is 17.2 Å². The van der Waals surface area contributed by atoms with E-state index in [1.807, 2.05) is 66.7 Å². The molecular weight excluding hydrogens is 544 g/mol. The summed E-state index contributed by atoms with van der Waals surface area (Å²) in [6.45, 7) is 9.46. The fourth-order valence-corrected chi connectivity index (χ4v) is 4.26. The Labute approximate surface area is 255 Å². The number of ether oxygens (including phenoxy) is 5. The number of carbonyl (C=O) groups excluding carboxylic acids is 2. The van der Waals surface area contributed by atoms with Crippen molar-refractivity contribution in [1.29, 1.82) is 0 Å². The van der Waals surface area contributed by atoms with Crippen molar-refractivity contribution in [3.05, 3.63) is 91.0 Å². The summed E-state index contributed by atoms with van der Waals surface area (Å²) in [5.41, 5.74) is 2.27. The van der Waals surface area contributed by atoms with Crippen molar-refractivity contribution in [2.24, 2.45) is 0 Å². The van der Waals surface area contributed by atoms with Crippen molar-refractivity contribution in [3.8, 4) is 28.4 Å². The lowest BCUT2D eigenvalue weighted by Gasteiger charge is -2.12. The van der Waals surface area contributed by atoms with Gasteiger partial charge in [0.15, 0.2) is 6.10 Å². The number of esters is 2. The quantitative estimate of drug-likeness (QED) is 0.0743. The summed E-state index contributed by atoms with van der Waals surface area (Å²) in [5, 5.41) is 0. The zero-order valence-corrected chi connectivity index (χ0v) is 25.4. The molecule has 0 N–H and O–H groups in total. The maximum atomic E-state index is 12.3. The minimum atomic E-state index is -0.961. The molecule has 7 heteroatoms. The summed E-state index contributed by atoms with van der Waals surface area (Å²) in [6.07, 6.45) is 8.86. The fraction of sp³-hybridized carbons (Fsp3) is 0.389. The van der Waals surface area contributed by atoms with E-state index in [-0.39, 0.29) is 6.61 Å². The standard InChI is InChI=1S/C36H44O7/c1-4-6-25-39-26-11-9-7-8-10-12-27-41-32-21-23-34(24-22-32)43-33-19-17-30(18-20-33)29-13-15-31(16-14-29)36(38)42-28(3)35(37)40-5-2/h4,13-24,28H,1,5-12,25-27H2,2-3H3. The van der Waals surface area contributed by atoms with Crippen LogP contribution in [0.2, 0.25) is 0 Å². The molecule has 1 atom stereocenters. The molecule has 230 valence electrons. The van der Waals surface area contributed by atoms with Crippen molar-refractivity contribution >= 4 is 11.9 Å². The molecular formula is C36H44O7. The van der Waals surface area contributed by atoms with Crippen LogP contribution in [0.4, 0.5) is 0 Å². The molecule has 1 unspecified atom stereocenters. The highest BCUT2D eigenvalue weighted by Gasteiger charge is 2.19. The lowest BCUT2D eigenvalue weighted by molar-refractivity contribution is -0.152. The van der Waals surface area contributed by atoms with Gasteiger partial charge in [0, 0.05) is 13.2 Å². The van der Waals surface area contributed by atoms with Crippen LogP contribution in [0, 0.1) is 0 Å². The van der Waals surface area contributed by atoms with Crippen LogP contribution in [-0.4, -0.2) is 44.5 Å². The molecule has 0 bridgehead atoms. The van der Waals surface area contributed by atoms with Gasteiger partial charge in [-0.15, -0.1) is 6.58 Å². The number of benzene rings is 3. The van der Waals surface area contributed by atoms with E-state index < -0.39 is 18.0 Å². The third-order valence-corrected chi connectivity index (χ3v) is 6.69. The van der Waals surface area contributed by atoms with E-state index in [1.165, 1.54) is 32.6 Å². The Morgan fingerprint density at radius 1 is 0.721 bits per heavy atom. The van der Waals surface area contributed by atoms with Crippen LogP contribution in [-0.2, 0) is 19.0 Å². The van der Waals surface area contributed by atoms with Crippen molar-refractivity contribution in [2.45, 2.75) is 64.9 Å². The summed E-state index contributed by atoms with van der Waals surface area (Å²) in [5.74, 6) is 1.14. The number of hydrogen-bond acceptors (Lipinski definition) is 7. The highest BCUT2D eigenvalue weighted by atomic mass is 16.6. The molecule has 43 heavy (non-hydrogen) atoms. The van der Waals surface area contributed by atoms with Gasteiger partial charge in [-0.1, -0.05) is 56.0 Å². The number of carbonyl (C=O) groups is 2. The van der Waals surface area contributed by atoms with Gasteiger partial charge in [-0.2, -0.15) is 0 Å². The first-order chi connectivity index (χ1) is 21.0. The van der Waals surface area contributed by atoms with Crippen LogP contribution in [0.1, 0.15) is 69.2 Å². The average molecular weight is 589 g/mol. The van der Waals surface area contributed by atoms with E-state index in [0.29, 0.717) is 17.9 Å². The molecule has 0 heterocycles. The lowest BCUT2D eigenvalue weighted by atomic mass is 10.0. The Bertz CT molecular complexity index is 1230. The van der Waals surface area contributed by atoms with Gasteiger partial charge < -0.3 is 23.7 Å².